The van der Waals surface area contributed by atoms with E-state index in [0.29, 0.717) is 37.1 Å². The first-order valence-electron chi connectivity index (χ1n) is 6.23. The SMILES string of the molecule is O=C(c1ccncc1C#CCO)N1CCC(O)CC1. The molecule has 5 nitrogen and oxygen atoms in total. The first-order chi connectivity index (χ1) is 9.22. The quantitative estimate of drug-likeness (QED) is 0.698. The molecule has 0 aliphatic carbocycles. The Bertz CT molecular complexity index is 511. The molecule has 0 radical (unpaired) electrons. The molecule has 1 amide bonds. The summed E-state index contributed by atoms with van der Waals surface area (Å²) in [6.45, 7) is 0.850. The van der Waals surface area contributed by atoms with Gasteiger partial charge < -0.3 is 15.1 Å². The summed E-state index contributed by atoms with van der Waals surface area (Å²) in [6, 6.07) is 1.63. The van der Waals surface area contributed by atoms with Crippen molar-refractivity contribution in [1.82, 2.24) is 9.88 Å². The van der Waals surface area contributed by atoms with E-state index in [1.165, 1.54) is 6.20 Å². The van der Waals surface area contributed by atoms with Gasteiger partial charge in [0.1, 0.15) is 6.61 Å². The Kier molecular flexibility index (Phi) is 4.50. The van der Waals surface area contributed by atoms with Crippen molar-refractivity contribution in [2.45, 2.75) is 18.9 Å². The van der Waals surface area contributed by atoms with Gasteiger partial charge in [0.2, 0.25) is 0 Å². The molecule has 0 saturated carbocycles. The third-order valence-corrected chi connectivity index (χ3v) is 3.11. The number of aromatic nitrogens is 1. The standard InChI is InChI=1S/C14H16N2O3/c17-9-1-2-11-10-15-6-3-13(11)14(19)16-7-4-12(18)5-8-16/h3,6,10,12,17-18H,4-5,7-9H2. The van der Waals surface area contributed by atoms with Crippen LogP contribution < -0.4 is 0 Å². The van der Waals surface area contributed by atoms with Crippen LogP contribution in [0, 0.1) is 11.8 Å². The fourth-order valence-corrected chi connectivity index (χ4v) is 2.05. The minimum absolute atomic E-state index is 0.100. The number of amides is 1. The minimum atomic E-state index is -0.310. The van der Waals surface area contributed by atoms with E-state index in [1.54, 1.807) is 17.2 Å². The van der Waals surface area contributed by atoms with Gasteiger partial charge >= 0.3 is 0 Å². The van der Waals surface area contributed by atoms with Crippen LogP contribution in [0.4, 0.5) is 0 Å². The smallest absolute Gasteiger partial charge is 0.255 e. The fraction of sp³-hybridized carbons (Fsp3) is 0.429. The molecule has 1 fully saturated rings. The Labute approximate surface area is 111 Å². The van der Waals surface area contributed by atoms with E-state index in [4.69, 9.17) is 5.11 Å². The van der Waals surface area contributed by atoms with Gasteiger partial charge in [-0.05, 0) is 18.9 Å². The number of piperidine rings is 1. The first kappa shape index (κ1) is 13.5. The average molecular weight is 260 g/mol. The third kappa shape index (κ3) is 3.31. The highest BCUT2D eigenvalue weighted by molar-refractivity contribution is 5.96. The summed E-state index contributed by atoms with van der Waals surface area (Å²) in [5, 5.41) is 18.2. The molecule has 0 atom stereocenters. The van der Waals surface area contributed by atoms with Crippen molar-refractivity contribution < 1.29 is 15.0 Å². The number of nitrogens with zero attached hydrogens (tertiary/aromatic N) is 2. The van der Waals surface area contributed by atoms with E-state index < -0.39 is 0 Å². The van der Waals surface area contributed by atoms with Gasteiger partial charge in [-0.3, -0.25) is 9.78 Å². The number of aliphatic hydroxyl groups is 2. The van der Waals surface area contributed by atoms with E-state index in [1.807, 2.05) is 0 Å². The van der Waals surface area contributed by atoms with E-state index >= 15 is 0 Å². The van der Waals surface area contributed by atoms with E-state index in [9.17, 15) is 9.90 Å². The molecule has 2 rings (SSSR count). The number of pyridine rings is 1. The second-order valence-corrected chi connectivity index (χ2v) is 4.40. The van der Waals surface area contributed by atoms with Gasteiger partial charge in [0.25, 0.3) is 5.91 Å². The van der Waals surface area contributed by atoms with Crippen LogP contribution in [0.2, 0.25) is 0 Å². The van der Waals surface area contributed by atoms with Crippen molar-refractivity contribution in [1.29, 1.82) is 0 Å². The lowest BCUT2D eigenvalue weighted by atomic mass is 10.0. The Morgan fingerprint density at radius 3 is 2.89 bits per heavy atom. The minimum Gasteiger partial charge on any atom is -0.393 e. The normalized spacial score (nSPS) is 15.8. The predicted molar refractivity (Wildman–Crippen MR) is 69.3 cm³/mol. The van der Waals surface area contributed by atoms with Crippen molar-refractivity contribution in [3.8, 4) is 11.8 Å². The number of carbonyl (C=O) groups excluding carboxylic acids is 1. The zero-order valence-electron chi connectivity index (χ0n) is 10.5. The monoisotopic (exact) mass is 260 g/mol. The van der Waals surface area contributed by atoms with Gasteiger partial charge in [0, 0.05) is 25.5 Å². The van der Waals surface area contributed by atoms with E-state index in [0.717, 1.165) is 0 Å². The Balaban J connectivity index is 2.19. The lowest BCUT2D eigenvalue weighted by Crippen LogP contribution is -2.40. The van der Waals surface area contributed by atoms with Crippen molar-refractivity contribution in [3.63, 3.8) is 0 Å². The van der Waals surface area contributed by atoms with Gasteiger partial charge in [-0.25, -0.2) is 0 Å². The number of hydrogen-bond donors (Lipinski definition) is 2. The summed E-state index contributed by atoms with van der Waals surface area (Å²) in [5.74, 6) is 5.16. The van der Waals surface area contributed by atoms with Gasteiger partial charge in [0.15, 0.2) is 0 Å². The molecular formula is C14H16N2O3. The van der Waals surface area contributed by atoms with Crippen molar-refractivity contribution in [3.05, 3.63) is 29.6 Å². The Morgan fingerprint density at radius 1 is 1.47 bits per heavy atom. The van der Waals surface area contributed by atoms with Gasteiger partial charge in [0.05, 0.1) is 17.2 Å². The molecule has 1 aromatic heterocycles. The van der Waals surface area contributed by atoms with Gasteiger partial charge in [-0.15, -0.1) is 0 Å². The molecule has 1 aromatic rings. The van der Waals surface area contributed by atoms with Crippen molar-refractivity contribution >= 4 is 5.91 Å². The zero-order chi connectivity index (χ0) is 13.7. The maximum Gasteiger partial charge on any atom is 0.255 e. The van der Waals surface area contributed by atoms with E-state index in [-0.39, 0.29) is 18.6 Å². The van der Waals surface area contributed by atoms with Crippen LogP contribution in [0.15, 0.2) is 18.5 Å². The lowest BCUT2D eigenvalue weighted by molar-refractivity contribution is 0.0546. The van der Waals surface area contributed by atoms with Crippen LogP contribution in [-0.2, 0) is 0 Å². The maximum atomic E-state index is 12.4. The summed E-state index contributed by atoms with van der Waals surface area (Å²) in [4.78, 5) is 18.0. The molecule has 0 spiro atoms. The second-order valence-electron chi connectivity index (χ2n) is 4.40. The van der Waals surface area contributed by atoms with E-state index in [2.05, 4.69) is 16.8 Å². The second kappa shape index (κ2) is 6.32. The highest BCUT2D eigenvalue weighted by atomic mass is 16.3. The number of carbonyl (C=O) groups is 1. The van der Waals surface area contributed by atoms with Crippen LogP contribution in [0.25, 0.3) is 0 Å². The number of hydrogen-bond acceptors (Lipinski definition) is 4. The molecular weight excluding hydrogens is 244 g/mol. The molecule has 0 unspecified atom stereocenters. The molecule has 0 aromatic carbocycles. The molecule has 0 bridgehead atoms. The largest absolute Gasteiger partial charge is 0.393 e. The molecule has 1 saturated heterocycles. The Hall–Kier alpha value is -1.90. The van der Waals surface area contributed by atoms with Crippen LogP contribution >= 0.6 is 0 Å². The predicted octanol–water partition coefficient (Wildman–Crippen LogP) is 0.0223. The zero-order valence-corrected chi connectivity index (χ0v) is 10.5. The molecule has 1 aliphatic rings. The lowest BCUT2D eigenvalue weighted by Gasteiger charge is -2.29. The van der Waals surface area contributed by atoms with Crippen molar-refractivity contribution in [2.75, 3.05) is 19.7 Å². The fourth-order valence-electron chi connectivity index (χ4n) is 2.05. The van der Waals surface area contributed by atoms with Crippen molar-refractivity contribution in [2.24, 2.45) is 0 Å². The summed E-state index contributed by atoms with van der Waals surface area (Å²) >= 11 is 0. The highest BCUT2D eigenvalue weighted by Crippen LogP contribution is 2.15. The van der Waals surface area contributed by atoms with Crippen LogP contribution in [0.5, 0.6) is 0 Å². The number of rotatable bonds is 1. The molecule has 5 heteroatoms. The highest BCUT2D eigenvalue weighted by Gasteiger charge is 2.23. The van der Waals surface area contributed by atoms with Crippen LogP contribution in [-0.4, -0.2) is 51.8 Å². The molecule has 2 heterocycles. The average Bonchev–Trinajstić information content (AvgIpc) is 2.45. The first-order valence-corrected chi connectivity index (χ1v) is 6.23. The molecule has 100 valence electrons. The molecule has 1 aliphatic heterocycles. The van der Waals surface area contributed by atoms with Crippen LogP contribution in [0.1, 0.15) is 28.8 Å². The number of likely N-dealkylation sites (tertiary alicyclic amines) is 1. The van der Waals surface area contributed by atoms with Crippen LogP contribution in [0.3, 0.4) is 0 Å². The molecule has 2 N–H and O–H groups in total. The van der Waals surface area contributed by atoms with Gasteiger partial charge in [-0.1, -0.05) is 11.8 Å². The topological polar surface area (TPSA) is 73.7 Å². The summed E-state index contributed by atoms with van der Waals surface area (Å²) in [5.41, 5.74) is 1.01. The summed E-state index contributed by atoms with van der Waals surface area (Å²) < 4.78 is 0. The molecule has 19 heavy (non-hydrogen) atoms. The summed E-state index contributed by atoms with van der Waals surface area (Å²) in [7, 11) is 0. The van der Waals surface area contributed by atoms with Gasteiger partial charge in [-0.2, -0.15) is 0 Å². The number of aliphatic hydroxyl groups excluding tert-OH is 2. The maximum absolute atomic E-state index is 12.4. The summed E-state index contributed by atoms with van der Waals surface area (Å²) in [6.07, 6.45) is 3.98. The Morgan fingerprint density at radius 2 is 2.21 bits per heavy atom. The third-order valence-electron chi connectivity index (χ3n) is 3.11.